The van der Waals surface area contributed by atoms with Gasteiger partial charge in [-0.15, -0.1) is 0 Å². The number of methoxy groups -OCH3 is 1. The summed E-state index contributed by atoms with van der Waals surface area (Å²) in [5, 5.41) is 2.68. The van der Waals surface area contributed by atoms with Gasteiger partial charge in [0.2, 0.25) is 0 Å². The van der Waals surface area contributed by atoms with Gasteiger partial charge in [-0.05, 0) is 61.9 Å². The molecule has 4 rings (SSSR count). The molecule has 1 aliphatic rings. The Balaban J connectivity index is 1.67. The third-order valence-corrected chi connectivity index (χ3v) is 8.29. The van der Waals surface area contributed by atoms with Crippen LogP contribution in [0.25, 0.3) is 0 Å². The van der Waals surface area contributed by atoms with E-state index < -0.39 is 38.6 Å². The van der Waals surface area contributed by atoms with E-state index in [2.05, 4.69) is 15.3 Å². The van der Waals surface area contributed by atoms with Gasteiger partial charge in [-0.25, -0.2) is 13.8 Å². The fraction of sp³-hybridized carbons (Fsp3) is 0.240. The Hall–Kier alpha value is -3.66. The molecule has 1 unspecified atom stereocenters. The molecule has 3 N–H and O–H groups in total. The van der Waals surface area contributed by atoms with Crippen molar-refractivity contribution in [3.8, 4) is 5.75 Å². The molecule has 0 fully saturated rings. The summed E-state index contributed by atoms with van der Waals surface area (Å²) >= 11 is 0. The third kappa shape index (κ3) is 4.53. The van der Waals surface area contributed by atoms with Gasteiger partial charge < -0.3 is 15.8 Å². The van der Waals surface area contributed by atoms with Gasteiger partial charge in [-0.3, -0.25) is 14.0 Å². The van der Waals surface area contributed by atoms with Gasteiger partial charge in [-0.1, -0.05) is 12.1 Å². The second-order valence-corrected chi connectivity index (χ2v) is 10.3. The van der Waals surface area contributed by atoms with E-state index in [9.17, 15) is 17.8 Å². The van der Waals surface area contributed by atoms with Crippen LogP contribution in [0.4, 0.5) is 14.5 Å². The lowest BCUT2D eigenvalue weighted by atomic mass is 9.91. The summed E-state index contributed by atoms with van der Waals surface area (Å²) in [5.74, 6) is -1.12. The maximum absolute atomic E-state index is 15.0. The van der Waals surface area contributed by atoms with E-state index in [0.717, 1.165) is 0 Å². The summed E-state index contributed by atoms with van der Waals surface area (Å²) in [4.78, 5) is 21.2. The molecule has 2 heterocycles. The molecule has 1 aromatic heterocycles. The zero-order valence-corrected chi connectivity index (χ0v) is 20.2. The van der Waals surface area contributed by atoms with E-state index in [4.69, 9.17) is 10.5 Å². The number of aromatic nitrogens is 1. The number of carbonyl (C=O) groups is 1. The summed E-state index contributed by atoms with van der Waals surface area (Å²) in [6.07, 6.45) is 1.41. The van der Waals surface area contributed by atoms with E-state index in [0.29, 0.717) is 17.0 Å². The van der Waals surface area contributed by atoms with Crippen LogP contribution in [0.1, 0.15) is 35.5 Å². The quantitative estimate of drug-likeness (QED) is 0.556. The van der Waals surface area contributed by atoms with Crippen LogP contribution >= 0.6 is 0 Å². The molecule has 2 aromatic carbocycles. The van der Waals surface area contributed by atoms with Crippen LogP contribution in [0.2, 0.25) is 0 Å². The average molecular weight is 499 g/mol. The summed E-state index contributed by atoms with van der Waals surface area (Å²) in [5.41, 5.74) is 6.02. The topological polar surface area (TPSA) is 107 Å². The van der Waals surface area contributed by atoms with Crippen LogP contribution in [0.5, 0.6) is 5.75 Å². The fourth-order valence-electron chi connectivity index (χ4n) is 3.97. The highest BCUT2D eigenvalue weighted by Gasteiger charge is 2.48. The van der Waals surface area contributed by atoms with Gasteiger partial charge in [-0.2, -0.15) is 0 Å². The van der Waals surface area contributed by atoms with Crippen molar-refractivity contribution in [2.75, 3.05) is 18.2 Å². The number of amides is 1. The number of amidine groups is 1. The Labute approximate surface area is 203 Å². The van der Waals surface area contributed by atoms with Crippen LogP contribution in [-0.4, -0.2) is 33.8 Å². The number of nitrogens with two attached hydrogens (primary N) is 1. The molecule has 0 radical (unpaired) electrons. The Morgan fingerprint density at radius 2 is 1.91 bits per heavy atom. The number of aliphatic imine (C=N–C) groups is 1. The second-order valence-electron chi connectivity index (χ2n) is 8.54. The molecule has 0 saturated carbocycles. The molecular weight excluding hydrogens is 474 g/mol. The molecule has 3 aromatic rings. The first-order valence-electron chi connectivity index (χ1n) is 10.7. The van der Waals surface area contributed by atoms with Crippen molar-refractivity contribution in [2.45, 2.75) is 24.1 Å². The summed E-state index contributed by atoms with van der Waals surface area (Å²) in [7, 11) is -0.168. The standard InChI is InChI=1S/C25H24F2N4O3S/c1-24(14-35(33)25(2,23(28)31-24)15-5-4-6-16(26)11-15)19-12-17(7-9-20(19)27)30-22(32)21-10-8-18(34-3)13-29-21/h4-13H,14H2,1-3H3,(H2,28,31)(H,30,32)/t24-,25-,35?/m0/s1. The Kier molecular flexibility index (Phi) is 6.42. The highest BCUT2D eigenvalue weighted by Crippen LogP contribution is 2.41. The highest BCUT2D eigenvalue weighted by molar-refractivity contribution is 7.87. The predicted octanol–water partition coefficient (Wildman–Crippen LogP) is 3.87. The van der Waals surface area contributed by atoms with Crippen LogP contribution in [0, 0.1) is 11.6 Å². The van der Waals surface area contributed by atoms with Gasteiger partial charge in [0.25, 0.3) is 5.91 Å². The van der Waals surface area contributed by atoms with Gasteiger partial charge >= 0.3 is 0 Å². The number of rotatable bonds is 5. The molecule has 35 heavy (non-hydrogen) atoms. The SMILES string of the molecule is COc1ccc(C(=O)Nc2ccc(F)c([C@]3(C)CS(=O)[C@@](C)(c4cccc(F)c4)C(N)=N3)c2)nc1. The van der Waals surface area contributed by atoms with Gasteiger partial charge in [0.1, 0.15) is 33.7 Å². The number of hydrogen-bond acceptors (Lipinski definition) is 6. The zero-order chi connectivity index (χ0) is 25.4. The van der Waals surface area contributed by atoms with Gasteiger partial charge in [0.15, 0.2) is 0 Å². The van der Waals surface area contributed by atoms with Crippen molar-refractivity contribution in [3.05, 3.63) is 89.2 Å². The molecule has 182 valence electrons. The van der Waals surface area contributed by atoms with Crippen molar-refractivity contribution in [1.82, 2.24) is 4.98 Å². The van der Waals surface area contributed by atoms with Gasteiger partial charge in [0.05, 0.1) is 24.6 Å². The number of nitrogens with one attached hydrogen (secondary N) is 1. The van der Waals surface area contributed by atoms with Crippen LogP contribution in [0.3, 0.4) is 0 Å². The molecule has 10 heteroatoms. The average Bonchev–Trinajstić information content (AvgIpc) is 2.83. The molecule has 7 nitrogen and oxygen atoms in total. The Morgan fingerprint density at radius 3 is 2.54 bits per heavy atom. The number of benzene rings is 2. The van der Waals surface area contributed by atoms with E-state index in [1.807, 2.05) is 0 Å². The number of nitrogens with zero attached hydrogens (tertiary/aromatic N) is 2. The molecule has 0 aliphatic carbocycles. The lowest BCUT2D eigenvalue weighted by molar-refractivity contribution is 0.102. The number of carbonyl (C=O) groups excluding carboxylic acids is 1. The van der Waals surface area contributed by atoms with E-state index in [-0.39, 0.29) is 22.8 Å². The summed E-state index contributed by atoms with van der Waals surface area (Å²) in [6, 6.07) is 12.9. The number of anilines is 1. The van der Waals surface area contributed by atoms with E-state index >= 15 is 0 Å². The summed E-state index contributed by atoms with van der Waals surface area (Å²) < 4.78 is 46.1. The second kappa shape index (κ2) is 9.18. The van der Waals surface area contributed by atoms with Crippen molar-refractivity contribution >= 4 is 28.2 Å². The van der Waals surface area contributed by atoms with E-state index in [1.54, 1.807) is 26.0 Å². The minimum absolute atomic E-state index is 0.00598. The fourth-order valence-corrected chi connectivity index (χ4v) is 5.66. The molecule has 1 amide bonds. The molecule has 0 bridgehead atoms. The van der Waals surface area contributed by atoms with Crippen molar-refractivity contribution < 1.29 is 22.5 Å². The van der Waals surface area contributed by atoms with E-state index in [1.165, 1.54) is 55.8 Å². The minimum atomic E-state index is -1.66. The predicted molar refractivity (Wildman–Crippen MR) is 131 cm³/mol. The van der Waals surface area contributed by atoms with Crippen molar-refractivity contribution in [2.24, 2.45) is 10.7 Å². The first-order chi connectivity index (χ1) is 16.6. The third-order valence-electron chi connectivity index (χ3n) is 6.11. The number of pyridine rings is 1. The first kappa shape index (κ1) is 24.5. The molecule has 3 atom stereocenters. The number of halogens is 2. The monoisotopic (exact) mass is 498 g/mol. The Morgan fingerprint density at radius 1 is 1.14 bits per heavy atom. The van der Waals surface area contributed by atoms with Gasteiger partial charge in [0, 0.05) is 22.1 Å². The van der Waals surface area contributed by atoms with Crippen LogP contribution in [-0.2, 0) is 21.1 Å². The maximum Gasteiger partial charge on any atom is 0.274 e. The molecule has 0 spiro atoms. The molecular formula is C25H24F2N4O3S. The number of hydrogen-bond donors (Lipinski definition) is 2. The van der Waals surface area contributed by atoms with Crippen LogP contribution < -0.4 is 15.8 Å². The maximum atomic E-state index is 15.0. The summed E-state index contributed by atoms with van der Waals surface area (Å²) in [6.45, 7) is 3.25. The molecule has 0 saturated heterocycles. The lowest BCUT2D eigenvalue weighted by Gasteiger charge is -2.39. The number of ether oxygens (including phenoxy) is 1. The van der Waals surface area contributed by atoms with Crippen molar-refractivity contribution in [3.63, 3.8) is 0 Å². The normalized spacial score (nSPS) is 23.9. The Bertz CT molecular complexity index is 1350. The van der Waals surface area contributed by atoms with Crippen LogP contribution in [0.15, 0.2) is 65.8 Å². The first-order valence-corrected chi connectivity index (χ1v) is 12.0. The lowest BCUT2D eigenvalue weighted by Crippen LogP contribution is -2.52. The zero-order valence-electron chi connectivity index (χ0n) is 19.3. The minimum Gasteiger partial charge on any atom is -0.495 e. The van der Waals surface area contributed by atoms with Crippen molar-refractivity contribution in [1.29, 1.82) is 0 Å². The largest absolute Gasteiger partial charge is 0.495 e. The molecule has 1 aliphatic heterocycles. The smallest absolute Gasteiger partial charge is 0.274 e. The highest BCUT2D eigenvalue weighted by atomic mass is 32.2.